The van der Waals surface area contributed by atoms with Gasteiger partial charge >= 0.3 is 0 Å². The molecule has 2 nitrogen and oxygen atoms in total. The van der Waals surface area contributed by atoms with Crippen LogP contribution in [0.15, 0.2) is 36.9 Å². The van der Waals surface area contributed by atoms with E-state index >= 15 is 0 Å². The van der Waals surface area contributed by atoms with Gasteiger partial charge in [0, 0.05) is 24.8 Å². The van der Waals surface area contributed by atoms with Gasteiger partial charge in [0.2, 0.25) is 0 Å². The van der Waals surface area contributed by atoms with Crippen LogP contribution in [0.1, 0.15) is 26.7 Å². The number of benzene rings is 1. The predicted octanol–water partition coefficient (Wildman–Crippen LogP) is 3.88. The van der Waals surface area contributed by atoms with Crippen LogP contribution in [0.4, 0.5) is 5.69 Å². The first-order chi connectivity index (χ1) is 8.31. The molecule has 17 heavy (non-hydrogen) atoms. The summed E-state index contributed by atoms with van der Waals surface area (Å²) >= 11 is 0. The van der Waals surface area contributed by atoms with Gasteiger partial charge in [-0.2, -0.15) is 0 Å². The third-order valence-corrected chi connectivity index (χ3v) is 2.77. The predicted molar refractivity (Wildman–Crippen MR) is 74.9 cm³/mol. The first-order valence-electron chi connectivity index (χ1n) is 6.40. The maximum absolute atomic E-state index is 5.71. The van der Waals surface area contributed by atoms with Crippen molar-refractivity contribution in [2.75, 3.05) is 24.6 Å². The molecule has 0 saturated carbocycles. The molecular weight excluding hydrogens is 210 g/mol. The van der Waals surface area contributed by atoms with Crippen molar-refractivity contribution in [1.82, 2.24) is 0 Å². The SMILES string of the molecule is C=CCCCOc1cccc(N(CC)CC)c1. The minimum atomic E-state index is 0.758. The van der Waals surface area contributed by atoms with E-state index in [0.29, 0.717) is 0 Å². The van der Waals surface area contributed by atoms with E-state index in [-0.39, 0.29) is 0 Å². The van der Waals surface area contributed by atoms with Gasteiger partial charge in [0.05, 0.1) is 6.61 Å². The van der Waals surface area contributed by atoms with Crippen LogP contribution in [0.3, 0.4) is 0 Å². The molecule has 0 saturated heterocycles. The van der Waals surface area contributed by atoms with Gasteiger partial charge < -0.3 is 9.64 Å². The van der Waals surface area contributed by atoms with E-state index in [1.54, 1.807) is 0 Å². The summed E-state index contributed by atoms with van der Waals surface area (Å²) in [6.45, 7) is 10.8. The topological polar surface area (TPSA) is 12.5 Å². The zero-order chi connectivity index (χ0) is 12.5. The maximum Gasteiger partial charge on any atom is 0.121 e. The molecule has 0 aliphatic rings. The highest BCUT2D eigenvalue weighted by molar-refractivity contribution is 5.50. The van der Waals surface area contributed by atoms with Crippen LogP contribution in [-0.4, -0.2) is 19.7 Å². The van der Waals surface area contributed by atoms with Crippen molar-refractivity contribution >= 4 is 5.69 Å². The van der Waals surface area contributed by atoms with Gasteiger partial charge in [-0.1, -0.05) is 12.1 Å². The Labute approximate surface area is 105 Å². The number of ether oxygens (including phenoxy) is 1. The lowest BCUT2D eigenvalue weighted by atomic mass is 10.2. The molecule has 1 rings (SSSR count). The molecule has 0 fully saturated rings. The van der Waals surface area contributed by atoms with Crippen molar-refractivity contribution in [1.29, 1.82) is 0 Å². The lowest BCUT2D eigenvalue weighted by Crippen LogP contribution is -2.21. The number of hydrogen-bond donors (Lipinski definition) is 0. The van der Waals surface area contributed by atoms with Crippen LogP contribution < -0.4 is 9.64 Å². The van der Waals surface area contributed by atoms with Crippen molar-refractivity contribution in [3.63, 3.8) is 0 Å². The van der Waals surface area contributed by atoms with E-state index in [1.807, 2.05) is 12.1 Å². The van der Waals surface area contributed by atoms with Crippen LogP contribution in [0.2, 0.25) is 0 Å². The van der Waals surface area contributed by atoms with Crippen molar-refractivity contribution in [3.8, 4) is 5.75 Å². The van der Waals surface area contributed by atoms with Crippen LogP contribution in [-0.2, 0) is 0 Å². The Morgan fingerprint density at radius 2 is 2.06 bits per heavy atom. The van der Waals surface area contributed by atoms with Gasteiger partial charge in [0.25, 0.3) is 0 Å². The molecule has 0 atom stereocenters. The van der Waals surface area contributed by atoms with Crippen LogP contribution in [0.25, 0.3) is 0 Å². The highest BCUT2D eigenvalue weighted by Gasteiger charge is 2.02. The number of allylic oxidation sites excluding steroid dienone is 1. The molecule has 0 bridgehead atoms. The molecular formula is C15H23NO. The summed E-state index contributed by atoms with van der Waals surface area (Å²) in [5.74, 6) is 0.957. The fourth-order valence-electron chi connectivity index (χ4n) is 1.78. The molecule has 0 spiro atoms. The fourth-order valence-corrected chi connectivity index (χ4v) is 1.78. The lowest BCUT2D eigenvalue weighted by Gasteiger charge is -2.21. The summed E-state index contributed by atoms with van der Waals surface area (Å²) in [6, 6.07) is 8.31. The van der Waals surface area contributed by atoms with Crippen molar-refractivity contribution in [3.05, 3.63) is 36.9 Å². The quantitative estimate of drug-likeness (QED) is 0.499. The fraction of sp³-hybridized carbons (Fsp3) is 0.467. The van der Waals surface area contributed by atoms with E-state index in [0.717, 1.165) is 38.3 Å². The molecule has 0 amide bonds. The molecule has 0 N–H and O–H groups in total. The van der Waals surface area contributed by atoms with Gasteiger partial charge in [-0.3, -0.25) is 0 Å². The van der Waals surface area contributed by atoms with E-state index in [4.69, 9.17) is 4.74 Å². The van der Waals surface area contributed by atoms with Gasteiger partial charge in [-0.15, -0.1) is 6.58 Å². The number of anilines is 1. The second-order valence-corrected chi connectivity index (χ2v) is 3.95. The molecule has 2 heteroatoms. The number of unbranched alkanes of at least 4 members (excludes halogenated alkanes) is 1. The molecule has 0 aliphatic carbocycles. The number of hydrogen-bond acceptors (Lipinski definition) is 2. The van der Waals surface area contributed by atoms with Crippen LogP contribution in [0.5, 0.6) is 5.75 Å². The standard InChI is InChI=1S/C15H23NO/c1-4-7-8-12-17-15-11-9-10-14(13-15)16(5-2)6-3/h4,9-11,13H,1,5-8,12H2,2-3H3. The zero-order valence-electron chi connectivity index (χ0n) is 11.0. The van der Waals surface area contributed by atoms with Gasteiger partial charge in [-0.25, -0.2) is 0 Å². The molecule has 94 valence electrons. The summed E-state index contributed by atoms with van der Waals surface area (Å²) in [5, 5.41) is 0. The summed E-state index contributed by atoms with van der Waals surface area (Å²) in [7, 11) is 0. The Morgan fingerprint density at radius 1 is 1.29 bits per heavy atom. The van der Waals surface area contributed by atoms with E-state index in [1.165, 1.54) is 5.69 Å². The lowest BCUT2D eigenvalue weighted by molar-refractivity contribution is 0.312. The van der Waals surface area contributed by atoms with Crippen molar-refractivity contribution in [2.24, 2.45) is 0 Å². The highest BCUT2D eigenvalue weighted by Crippen LogP contribution is 2.21. The highest BCUT2D eigenvalue weighted by atomic mass is 16.5. The molecule has 0 radical (unpaired) electrons. The van der Waals surface area contributed by atoms with Gasteiger partial charge in [0.1, 0.15) is 5.75 Å². The Morgan fingerprint density at radius 3 is 2.71 bits per heavy atom. The second kappa shape index (κ2) is 7.77. The normalized spacial score (nSPS) is 10.0. The molecule has 1 aromatic rings. The number of nitrogens with zero attached hydrogens (tertiary/aromatic N) is 1. The molecule has 0 unspecified atom stereocenters. The molecule has 0 heterocycles. The Bertz CT molecular complexity index is 331. The van der Waals surface area contributed by atoms with Gasteiger partial charge in [0.15, 0.2) is 0 Å². The Kier molecular flexibility index (Phi) is 6.23. The average molecular weight is 233 g/mol. The smallest absolute Gasteiger partial charge is 0.121 e. The van der Waals surface area contributed by atoms with Crippen LogP contribution in [0, 0.1) is 0 Å². The first kappa shape index (κ1) is 13.6. The maximum atomic E-state index is 5.71. The second-order valence-electron chi connectivity index (χ2n) is 3.95. The summed E-state index contributed by atoms with van der Waals surface area (Å²) in [5.41, 5.74) is 1.23. The molecule has 1 aromatic carbocycles. The first-order valence-corrected chi connectivity index (χ1v) is 6.40. The average Bonchev–Trinajstić information content (AvgIpc) is 2.37. The van der Waals surface area contributed by atoms with Gasteiger partial charge in [-0.05, 0) is 38.8 Å². The third kappa shape index (κ3) is 4.51. The molecule has 0 aromatic heterocycles. The monoisotopic (exact) mass is 233 g/mol. The summed E-state index contributed by atoms with van der Waals surface area (Å²) < 4.78 is 5.71. The summed E-state index contributed by atoms with van der Waals surface area (Å²) in [6.07, 6.45) is 3.96. The third-order valence-electron chi connectivity index (χ3n) is 2.77. The van der Waals surface area contributed by atoms with E-state index in [2.05, 4.69) is 43.5 Å². The minimum Gasteiger partial charge on any atom is -0.494 e. The van der Waals surface area contributed by atoms with Crippen LogP contribution >= 0.6 is 0 Å². The number of rotatable bonds is 8. The Balaban J connectivity index is 2.55. The zero-order valence-corrected chi connectivity index (χ0v) is 11.0. The Hall–Kier alpha value is -1.44. The van der Waals surface area contributed by atoms with E-state index in [9.17, 15) is 0 Å². The summed E-state index contributed by atoms with van der Waals surface area (Å²) in [4.78, 5) is 2.32. The van der Waals surface area contributed by atoms with Crippen molar-refractivity contribution in [2.45, 2.75) is 26.7 Å². The van der Waals surface area contributed by atoms with E-state index < -0.39 is 0 Å². The molecule has 0 aliphatic heterocycles. The minimum absolute atomic E-state index is 0.758. The van der Waals surface area contributed by atoms with Crippen molar-refractivity contribution < 1.29 is 4.74 Å². The largest absolute Gasteiger partial charge is 0.494 e.